The first-order chi connectivity index (χ1) is 10.0. The Kier molecular flexibility index (Phi) is 5.02. The van der Waals surface area contributed by atoms with Crippen molar-refractivity contribution in [3.8, 4) is 0 Å². The van der Waals surface area contributed by atoms with E-state index in [0.717, 1.165) is 22.1 Å². The molecule has 0 aliphatic carbocycles. The highest BCUT2D eigenvalue weighted by molar-refractivity contribution is 9.10. The number of amides is 1. The fraction of sp³-hybridized carbons (Fsp3) is 0.235. The number of benzene rings is 2. The van der Waals surface area contributed by atoms with Gasteiger partial charge in [-0.1, -0.05) is 28.9 Å². The zero-order valence-corrected chi connectivity index (χ0v) is 13.9. The minimum absolute atomic E-state index is 0.00215. The van der Waals surface area contributed by atoms with E-state index in [1.54, 1.807) is 4.90 Å². The molecule has 0 radical (unpaired) electrons. The average molecular weight is 347 g/mol. The van der Waals surface area contributed by atoms with Crippen LogP contribution in [0.25, 0.3) is 0 Å². The Morgan fingerprint density at radius 1 is 1.19 bits per heavy atom. The van der Waals surface area contributed by atoms with Gasteiger partial charge in [0.05, 0.1) is 0 Å². The lowest BCUT2D eigenvalue weighted by Crippen LogP contribution is -2.31. The monoisotopic (exact) mass is 346 g/mol. The van der Waals surface area contributed by atoms with Gasteiger partial charge in [0.1, 0.15) is 0 Å². The highest BCUT2D eigenvalue weighted by Crippen LogP contribution is 2.22. The van der Waals surface area contributed by atoms with Gasteiger partial charge in [0.15, 0.2) is 0 Å². The van der Waals surface area contributed by atoms with Gasteiger partial charge in [-0.15, -0.1) is 0 Å². The van der Waals surface area contributed by atoms with Crippen LogP contribution in [-0.2, 0) is 0 Å². The molecule has 0 aliphatic heterocycles. The van der Waals surface area contributed by atoms with Gasteiger partial charge in [-0.2, -0.15) is 0 Å². The van der Waals surface area contributed by atoms with E-state index in [2.05, 4.69) is 22.9 Å². The molecule has 0 spiro atoms. The van der Waals surface area contributed by atoms with Gasteiger partial charge in [0, 0.05) is 28.0 Å². The van der Waals surface area contributed by atoms with Crippen LogP contribution in [0.2, 0.25) is 0 Å². The van der Waals surface area contributed by atoms with Crippen LogP contribution < -0.4 is 10.6 Å². The lowest BCUT2D eigenvalue weighted by atomic mass is 10.1. The van der Waals surface area contributed by atoms with Crippen LogP contribution >= 0.6 is 15.9 Å². The normalized spacial score (nSPS) is 10.4. The van der Waals surface area contributed by atoms with Gasteiger partial charge >= 0.3 is 0 Å². The third-order valence-corrected chi connectivity index (χ3v) is 4.17. The van der Waals surface area contributed by atoms with Crippen LogP contribution in [0.1, 0.15) is 29.3 Å². The molecule has 2 N–H and O–H groups in total. The maximum atomic E-state index is 12.8. The maximum absolute atomic E-state index is 12.8. The maximum Gasteiger partial charge on any atom is 0.258 e. The van der Waals surface area contributed by atoms with Crippen molar-refractivity contribution in [2.75, 3.05) is 17.2 Å². The van der Waals surface area contributed by atoms with Gasteiger partial charge in [-0.05, 0) is 55.3 Å². The molecular formula is C17H19BrN2O. The third kappa shape index (κ3) is 3.64. The van der Waals surface area contributed by atoms with Gasteiger partial charge in [-0.3, -0.25) is 4.79 Å². The van der Waals surface area contributed by atoms with Crippen LogP contribution in [0.4, 0.5) is 11.4 Å². The number of nitrogen functional groups attached to an aromatic ring is 1. The van der Waals surface area contributed by atoms with Crippen molar-refractivity contribution in [1.82, 2.24) is 0 Å². The van der Waals surface area contributed by atoms with E-state index in [-0.39, 0.29) is 5.91 Å². The summed E-state index contributed by atoms with van der Waals surface area (Å²) in [4.78, 5) is 14.5. The molecule has 21 heavy (non-hydrogen) atoms. The van der Waals surface area contributed by atoms with Gasteiger partial charge in [-0.25, -0.2) is 0 Å². The van der Waals surface area contributed by atoms with Crippen molar-refractivity contribution in [2.45, 2.75) is 20.3 Å². The molecule has 0 unspecified atom stereocenters. The molecule has 0 bridgehead atoms. The number of rotatable bonds is 4. The third-order valence-electron chi connectivity index (χ3n) is 3.32. The molecule has 3 nitrogen and oxygen atoms in total. The van der Waals surface area contributed by atoms with Crippen LogP contribution in [0.5, 0.6) is 0 Å². The summed E-state index contributed by atoms with van der Waals surface area (Å²) in [5.74, 6) is 0.00215. The average Bonchev–Trinajstić information content (AvgIpc) is 2.48. The summed E-state index contributed by atoms with van der Waals surface area (Å²) in [5.41, 5.74) is 9.07. The van der Waals surface area contributed by atoms with Crippen molar-refractivity contribution in [3.63, 3.8) is 0 Å². The lowest BCUT2D eigenvalue weighted by molar-refractivity contribution is 0.0987. The first kappa shape index (κ1) is 15.6. The second-order valence-electron chi connectivity index (χ2n) is 5.01. The number of nitrogens with two attached hydrogens (primary N) is 1. The van der Waals surface area contributed by atoms with E-state index in [1.165, 1.54) is 0 Å². The second-order valence-corrected chi connectivity index (χ2v) is 5.87. The van der Waals surface area contributed by atoms with Crippen molar-refractivity contribution < 1.29 is 4.79 Å². The minimum atomic E-state index is 0.00215. The molecule has 0 saturated carbocycles. The standard InChI is InChI=1S/C17H19BrN2O/c1-3-10-20(15-8-6-14(19)7-9-15)17(21)13-5-4-12(2)16(18)11-13/h4-9,11H,3,10,19H2,1-2H3. The quantitative estimate of drug-likeness (QED) is 0.834. The topological polar surface area (TPSA) is 46.3 Å². The number of carbonyl (C=O) groups excluding carboxylic acids is 1. The largest absolute Gasteiger partial charge is 0.399 e. The number of anilines is 2. The molecule has 2 aromatic carbocycles. The Morgan fingerprint density at radius 3 is 2.43 bits per heavy atom. The molecular weight excluding hydrogens is 328 g/mol. The highest BCUT2D eigenvalue weighted by Gasteiger charge is 2.17. The lowest BCUT2D eigenvalue weighted by Gasteiger charge is -2.22. The molecule has 1 amide bonds. The highest BCUT2D eigenvalue weighted by atomic mass is 79.9. The van der Waals surface area contributed by atoms with Gasteiger partial charge in [0.2, 0.25) is 0 Å². The number of halogens is 1. The molecule has 0 saturated heterocycles. The molecule has 0 aliphatic rings. The molecule has 2 rings (SSSR count). The minimum Gasteiger partial charge on any atom is -0.399 e. The van der Waals surface area contributed by atoms with Gasteiger partial charge < -0.3 is 10.6 Å². The Balaban J connectivity index is 2.34. The predicted octanol–water partition coefficient (Wildman–Crippen LogP) is 4.40. The van der Waals surface area contributed by atoms with E-state index in [4.69, 9.17) is 5.73 Å². The van der Waals surface area contributed by atoms with E-state index < -0.39 is 0 Å². The Labute approximate surface area is 133 Å². The molecule has 4 heteroatoms. The zero-order chi connectivity index (χ0) is 15.4. The molecule has 2 aromatic rings. The summed E-state index contributed by atoms with van der Waals surface area (Å²) >= 11 is 3.48. The molecule has 0 fully saturated rings. The van der Waals surface area contributed by atoms with Crippen LogP contribution in [0, 0.1) is 6.92 Å². The van der Waals surface area contributed by atoms with Crippen LogP contribution in [0.3, 0.4) is 0 Å². The molecule has 0 heterocycles. The first-order valence-corrected chi connectivity index (χ1v) is 7.75. The van der Waals surface area contributed by atoms with Crippen molar-refractivity contribution in [3.05, 3.63) is 58.1 Å². The summed E-state index contributed by atoms with van der Waals surface area (Å²) in [5, 5.41) is 0. The van der Waals surface area contributed by atoms with E-state index in [0.29, 0.717) is 17.8 Å². The fourth-order valence-electron chi connectivity index (χ4n) is 2.11. The summed E-state index contributed by atoms with van der Waals surface area (Å²) in [6.07, 6.45) is 0.892. The fourth-order valence-corrected chi connectivity index (χ4v) is 2.49. The number of hydrogen-bond acceptors (Lipinski definition) is 2. The number of hydrogen-bond donors (Lipinski definition) is 1. The summed E-state index contributed by atoms with van der Waals surface area (Å²) in [6.45, 7) is 4.74. The Morgan fingerprint density at radius 2 is 1.86 bits per heavy atom. The Bertz CT molecular complexity index is 638. The molecule has 110 valence electrons. The second kappa shape index (κ2) is 6.76. The van der Waals surface area contributed by atoms with Crippen LogP contribution in [0.15, 0.2) is 46.9 Å². The van der Waals surface area contributed by atoms with Crippen molar-refractivity contribution >= 4 is 33.2 Å². The molecule has 0 atom stereocenters. The first-order valence-electron chi connectivity index (χ1n) is 6.96. The number of aryl methyl sites for hydroxylation is 1. The van der Waals surface area contributed by atoms with Crippen molar-refractivity contribution in [2.24, 2.45) is 0 Å². The van der Waals surface area contributed by atoms with Crippen LogP contribution in [-0.4, -0.2) is 12.5 Å². The summed E-state index contributed by atoms with van der Waals surface area (Å²) < 4.78 is 0.946. The summed E-state index contributed by atoms with van der Waals surface area (Å²) in [7, 11) is 0. The summed E-state index contributed by atoms with van der Waals surface area (Å²) in [6, 6.07) is 13.1. The smallest absolute Gasteiger partial charge is 0.258 e. The number of nitrogens with zero attached hydrogens (tertiary/aromatic N) is 1. The Hall–Kier alpha value is -1.81. The van der Waals surface area contributed by atoms with E-state index >= 15 is 0 Å². The molecule has 0 aromatic heterocycles. The predicted molar refractivity (Wildman–Crippen MR) is 91.7 cm³/mol. The van der Waals surface area contributed by atoms with Crippen molar-refractivity contribution in [1.29, 1.82) is 0 Å². The number of carbonyl (C=O) groups is 1. The van der Waals surface area contributed by atoms with Gasteiger partial charge in [0.25, 0.3) is 5.91 Å². The van der Waals surface area contributed by atoms with E-state index in [1.807, 2.05) is 49.4 Å². The zero-order valence-electron chi connectivity index (χ0n) is 12.3. The SMILES string of the molecule is CCCN(C(=O)c1ccc(C)c(Br)c1)c1ccc(N)cc1. The van der Waals surface area contributed by atoms with E-state index in [9.17, 15) is 4.79 Å².